The molecular weight excluding hydrogens is 897 g/mol. The number of benzene rings is 2. The maximum Gasteiger partial charge on any atom is 0.315 e. The largest absolute Gasteiger partial charge is 0.507 e. The highest BCUT2D eigenvalue weighted by molar-refractivity contribution is 6.21. The van der Waals surface area contributed by atoms with Gasteiger partial charge in [-0.2, -0.15) is 0 Å². The molecule has 3 unspecified atom stereocenters. The second-order valence-corrected chi connectivity index (χ2v) is 21.2. The monoisotopic (exact) mass is 969 g/mol. The van der Waals surface area contributed by atoms with Crippen molar-refractivity contribution in [1.82, 2.24) is 15.1 Å². The Kier molecular flexibility index (Phi) is 15.1. The number of anilines is 1. The van der Waals surface area contributed by atoms with E-state index in [1.165, 1.54) is 32.1 Å². The van der Waals surface area contributed by atoms with E-state index in [-0.39, 0.29) is 81.3 Å². The number of hydrogen-bond acceptors (Lipinski definition) is 15. The summed E-state index contributed by atoms with van der Waals surface area (Å²) in [6.45, 7) is 16.4. The Hall–Kier alpha value is -5.36. The number of rotatable bonds is 7. The number of ketones is 1. The molecule has 6 heterocycles. The van der Waals surface area contributed by atoms with Crippen molar-refractivity contribution in [2.75, 3.05) is 38.0 Å². The van der Waals surface area contributed by atoms with Gasteiger partial charge in [0, 0.05) is 93.4 Å². The van der Waals surface area contributed by atoms with Crippen LogP contribution in [-0.2, 0) is 23.9 Å². The molecule has 7 aliphatic rings. The van der Waals surface area contributed by atoms with E-state index in [1.807, 2.05) is 0 Å². The molecule has 17 nitrogen and oxygen atoms in total. The summed E-state index contributed by atoms with van der Waals surface area (Å²) in [7, 11) is 0. The quantitative estimate of drug-likeness (QED) is 0.120. The highest BCUT2D eigenvalue weighted by Crippen LogP contribution is 2.51. The Morgan fingerprint density at radius 1 is 0.971 bits per heavy atom. The molecule has 2 saturated heterocycles. The number of amides is 2. The summed E-state index contributed by atoms with van der Waals surface area (Å²) in [5.41, 5.74) is -0.0932. The minimum Gasteiger partial charge on any atom is -0.507 e. The number of ether oxygens (including phenoxy) is 3. The molecule has 2 aromatic carbocycles. The van der Waals surface area contributed by atoms with E-state index < -0.39 is 65.5 Å². The number of nitrogens with one attached hydrogen (secondary N) is 2. The van der Waals surface area contributed by atoms with Crippen molar-refractivity contribution in [2.45, 2.75) is 161 Å². The van der Waals surface area contributed by atoms with Crippen molar-refractivity contribution in [3.05, 3.63) is 58.0 Å². The number of esters is 1. The van der Waals surface area contributed by atoms with Gasteiger partial charge in [0.25, 0.3) is 11.7 Å². The molecule has 6 aliphatic heterocycles. The fraction of sp³-hybridized carbons (Fsp3) is 0.623. The van der Waals surface area contributed by atoms with E-state index in [1.54, 1.807) is 43.9 Å². The van der Waals surface area contributed by atoms with Crippen molar-refractivity contribution in [3.8, 4) is 17.2 Å². The Bertz CT molecular complexity index is 2590. The van der Waals surface area contributed by atoms with Gasteiger partial charge in [-0.15, -0.1) is 0 Å². The van der Waals surface area contributed by atoms with E-state index in [2.05, 4.69) is 41.3 Å². The molecule has 5 bridgehead atoms. The third kappa shape index (κ3) is 10.6. The number of aliphatic hydroxyl groups is 2. The van der Waals surface area contributed by atoms with Crippen molar-refractivity contribution < 1.29 is 53.8 Å². The third-order valence-electron chi connectivity index (χ3n) is 15.3. The first-order valence-electron chi connectivity index (χ1n) is 25.3. The van der Waals surface area contributed by atoms with E-state index >= 15 is 0 Å². The highest BCUT2D eigenvalue weighted by atomic mass is 16.7. The number of phenolic OH excluding ortho intramolecular Hbond substituents is 2. The summed E-state index contributed by atoms with van der Waals surface area (Å²) >= 11 is 0. The van der Waals surface area contributed by atoms with E-state index in [0.717, 1.165) is 32.5 Å². The lowest BCUT2D eigenvalue weighted by molar-refractivity contribution is -0.155. The lowest BCUT2D eigenvalue weighted by Crippen LogP contribution is -2.52. The summed E-state index contributed by atoms with van der Waals surface area (Å²) in [5, 5.41) is 53.8. The second kappa shape index (κ2) is 20.8. The number of carbonyl (C=O) groups excluding carboxylic acids is 4. The van der Waals surface area contributed by atoms with Gasteiger partial charge in [-0.25, -0.2) is 4.99 Å². The molecule has 380 valence electrons. The maximum absolute atomic E-state index is 14.7. The number of allylic oxidation sites excluding steroid dienone is 3. The first-order chi connectivity index (χ1) is 33.3. The number of hydrogen-bond donors (Lipinski definition) is 6. The number of likely N-dealkylation sites (tertiary alicyclic amines) is 2. The molecule has 2 amide bonds. The fourth-order valence-corrected chi connectivity index (χ4v) is 10.7. The Balaban J connectivity index is 1.07. The maximum atomic E-state index is 14.7. The zero-order chi connectivity index (χ0) is 50.2. The molecule has 0 aromatic heterocycles. The molecule has 7 atom stereocenters. The number of phenols is 2. The van der Waals surface area contributed by atoms with Crippen molar-refractivity contribution >= 4 is 40.0 Å². The zero-order valence-corrected chi connectivity index (χ0v) is 41.8. The third-order valence-corrected chi connectivity index (χ3v) is 15.3. The van der Waals surface area contributed by atoms with Gasteiger partial charge >= 0.3 is 11.8 Å². The minimum absolute atomic E-state index is 0.0192. The minimum atomic E-state index is -1.92. The van der Waals surface area contributed by atoms with Crippen molar-refractivity contribution in [1.29, 1.82) is 0 Å². The number of nitrogens with zero attached hydrogens (tertiary/aromatic N) is 4. The van der Waals surface area contributed by atoms with Gasteiger partial charge in [-0.3, -0.25) is 24.2 Å². The summed E-state index contributed by atoms with van der Waals surface area (Å²) < 4.78 is 18.2. The van der Waals surface area contributed by atoms with Gasteiger partial charge in [-0.1, -0.05) is 45.9 Å². The second-order valence-electron chi connectivity index (χ2n) is 21.2. The summed E-state index contributed by atoms with van der Waals surface area (Å²) in [5.74, 6) is -4.38. The smallest absolute Gasteiger partial charge is 0.315 e. The van der Waals surface area contributed by atoms with Crippen LogP contribution < -0.4 is 26.1 Å². The number of piperidine rings is 2. The van der Waals surface area contributed by atoms with Gasteiger partial charge in [0.1, 0.15) is 40.4 Å². The molecule has 70 heavy (non-hydrogen) atoms. The molecule has 9 rings (SSSR count). The average molecular weight is 969 g/mol. The molecule has 2 aromatic rings. The molecular formula is C53H72N6O11. The van der Waals surface area contributed by atoms with Crippen LogP contribution in [-0.4, -0.2) is 128 Å². The standard InChI is InChI=1S/C53H72N6O11/c1-29(2)28-58-22-18-53(19-23-58)56-44-41-42-47(64)33(6)49-43(41)50(66)52(7,70-49)68-24-9-8-13-36(69-40(63)27-39(62)59-20-16-34(17-21-59)54-37-15-14-30(37)3)25-35(60)26-38(61)31(4)11-10-12-32(5)51(67)55-46(48(42)65)45(44)57-53/h9-12,24,29-31,34-38,54,56,60-61,64-65H,8,13-23,25-28H2,1-7H3/b11-10+,24-9+,32-12-,55-46?/t30-,31?,35?,36-,37?,38-,52+/m1/s1. The molecule has 17 heteroatoms. The molecule has 0 radical (unpaired) electrons. The van der Waals surface area contributed by atoms with Crippen LogP contribution in [0, 0.1) is 24.7 Å². The first-order valence-corrected chi connectivity index (χ1v) is 25.3. The lowest BCUT2D eigenvalue weighted by Gasteiger charge is -2.40. The van der Waals surface area contributed by atoms with Crippen LogP contribution >= 0.6 is 0 Å². The summed E-state index contributed by atoms with van der Waals surface area (Å²) in [6.07, 6.45) is 10.0. The molecule has 3 fully saturated rings. The lowest BCUT2D eigenvalue weighted by atomic mass is 9.80. The first kappa shape index (κ1) is 51.0. The molecule has 1 spiro atoms. The predicted octanol–water partition coefficient (Wildman–Crippen LogP) is 5.14. The van der Waals surface area contributed by atoms with Gasteiger partial charge in [-0.05, 0) is 76.7 Å². The van der Waals surface area contributed by atoms with Crippen LogP contribution in [0.5, 0.6) is 17.2 Å². The fourth-order valence-electron chi connectivity index (χ4n) is 10.7. The predicted molar refractivity (Wildman–Crippen MR) is 262 cm³/mol. The van der Waals surface area contributed by atoms with Crippen molar-refractivity contribution in [3.63, 3.8) is 0 Å². The number of fused-ring (bicyclic) bond motifs is 13. The average Bonchev–Trinajstić information content (AvgIpc) is 3.81. The summed E-state index contributed by atoms with van der Waals surface area (Å²) in [4.78, 5) is 68.9. The Labute approximate surface area is 409 Å². The Morgan fingerprint density at radius 2 is 1.70 bits per heavy atom. The van der Waals surface area contributed by atoms with Crippen molar-refractivity contribution in [2.24, 2.45) is 27.7 Å². The van der Waals surface area contributed by atoms with Crippen LogP contribution in [0.2, 0.25) is 0 Å². The summed E-state index contributed by atoms with van der Waals surface area (Å²) in [6, 6.07) is 0.865. The van der Waals surface area contributed by atoms with Crippen LogP contribution in [0.15, 0.2) is 46.1 Å². The van der Waals surface area contributed by atoms with Gasteiger partial charge in [0.2, 0.25) is 5.91 Å². The van der Waals surface area contributed by atoms with E-state index in [9.17, 15) is 39.6 Å². The number of aromatic hydroxyl groups is 2. The molecule has 1 saturated carbocycles. The van der Waals surface area contributed by atoms with Crippen LogP contribution in [0.4, 0.5) is 5.69 Å². The normalized spacial score (nSPS) is 30.4. The van der Waals surface area contributed by atoms with Crippen LogP contribution in [0.25, 0.3) is 10.8 Å². The van der Waals surface area contributed by atoms with Gasteiger partial charge < -0.3 is 55.1 Å². The highest BCUT2D eigenvalue weighted by Gasteiger charge is 2.50. The topological polar surface area (TPSA) is 232 Å². The van der Waals surface area contributed by atoms with Crippen LogP contribution in [0.3, 0.4) is 0 Å². The van der Waals surface area contributed by atoms with E-state index in [4.69, 9.17) is 19.2 Å². The Morgan fingerprint density at radius 3 is 2.37 bits per heavy atom. The number of carbonyl (C=O) groups is 4. The molecule has 1 aliphatic carbocycles. The van der Waals surface area contributed by atoms with Gasteiger partial charge in [0.05, 0.1) is 35.1 Å². The number of aliphatic hydroxyl groups excluding tert-OH is 2. The van der Waals surface area contributed by atoms with Crippen LogP contribution in [0.1, 0.15) is 128 Å². The SMILES string of the molecule is C/C1=C/C=C/C(C)[C@H](O)CC(O)C[C@H](OC(=O)CC(=O)N2CCC(NC3CC[C@H]3C)CC2)CC/C=C/O[C@@]2(C)Oc3c(C)c(O)c4c(O)c(c5c(c4c3C2=O)NC2(CCN(CC(C)C)CC2)N=5)=NC1=O. The zero-order valence-electron chi connectivity index (χ0n) is 41.8. The number of Topliss-reactive ketones (excluding diaryl/α,β-unsaturated/α-hetero) is 1. The van der Waals surface area contributed by atoms with Gasteiger partial charge in [0.15, 0.2) is 5.75 Å². The van der Waals surface area contributed by atoms with E-state index in [0.29, 0.717) is 55.5 Å². The molecule has 6 N–H and O–H groups in total.